The van der Waals surface area contributed by atoms with Gasteiger partial charge in [-0.1, -0.05) is 15.9 Å². The van der Waals surface area contributed by atoms with E-state index in [4.69, 9.17) is 10.8 Å². The largest absolute Gasteiger partial charge is 0.478 e. The van der Waals surface area contributed by atoms with Crippen molar-refractivity contribution in [2.45, 2.75) is 0 Å². The first-order chi connectivity index (χ1) is 8.97. The molecule has 7 heteroatoms. The molecule has 0 spiro atoms. The second-order valence-corrected chi connectivity index (χ2v) is 4.63. The number of nitrogens with zero attached hydrogens (tertiary/aromatic N) is 1. The van der Waals surface area contributed by atoms with Gasteiger partial charge in [-0.25, -0.2) is 14.2 Å². The number of aromatic nitrogens is 1. The van der Waals surface area contributed by atoms with Crippen LogP contribution in [0.5, 0.6) is 0 Å². The van der Waals surface area contributed by atoms with Gasteiger partial charge in [0, 0.05) is 4.47 Å². The summed E-state index contributed by atoms with van der Waals surface area (Å²) in [6, 6.07) is 5.60. The highest BCUT2D eigenvalue weighted by atomic mass is 79.9. The maximum absolute atomic E-state index is 13.5. The monoisotopic (exact) mass is 325 g/mol. The number of carboxylic acids is 1. The Morgan fingerprint density at radius 1 is 1.42 bits per heavy atom. The molecule has 1 aromatic heterocycles. The Morgan fingerprint density at radius 2 is 2.16 bits per heavy atom. The first-order valence-corrected chi connectivity index (χ1v) is 5.97. The molecule has 0 amide bonds. The molecule has 98 valence electrons. The van der Waals surface area contributed by atoms with Gasteiger partial charge >= 0.3 is 5.97 Å². The fraction of sp³-hybridized carbons (Fsp3) is 0. The van der Waals surface area contributed by atoms with Crippen LogP contribution in [0.25, 0.3) is 0 Å². The zero-order valence-corrected chi connectivity index (χ0v) is 11.1. The van der Waals surface area contributed by atoms with E-state index in [-0.39, 0.29) is 22.8 Å². The second kappa shape index (κ2) is 5.23. The molecule has 0 fully saturated rings. The number of pyridine rings is 1. The van der Waals surface area contributed by atoms with E-state index in [1.165, 1.54) is 24.4 Å². The molecule has 2 aromatic rings. The quantitative estimate of drug-likeness (QED) is 0.807. The Kier molecular flexibility index (Phi) is 3.66. The molecule has 1 aromatic carbocycles. The van der Waals surface area contributed by atoms with Gasteiger partial charge in [0.05, 0.1) is 23.1 Å². The molecule has 0 saturated carbocycles. The van der Waals surface area contributed by atoms with E-state index in [2.05, 4.69) is 26.2 Å². The zero-order chi connectivity index (χ0) is 14.0. The van der Waals surface area contributed by atoms with Gasteiger partial charge < -0.3 is 16.2 Å². The fourth-order valence-electron chi connectivity index (χ4n) is 1.45. The van der Waals surface area contributed by atoms with Crippen LogP contribution in [-0.4, -0.2) is 16.1 Å². The van der Waals surface area contributed by atoms with Crippen molar-refractivity contribution < 1.29 is 14.3 Å². The molecule has 2 rings (SSSR count). The number of hydrogen-bond donors (Lipinski definition) is 3. The molecule has 5 nitrogen and oxygen atoms in total. The van der Waals surface area contributed by atoms with Crippen molar-refractivity contribution in [3.8, 4) is 0 Å². The molecule has 0 aliphatic rings. The van der Waals surface area contributed by atoms with E-state index >= 15 is 0 Å². The van der Waals surface area contributed by atoms with Gasteiger partial charge in [0.25, 0.3) is 0 Å². The van der Waals surface area contributed by atoms with Crippen LogP contribution in [0.4, 0.5) is 21.6 Å². The van der Waals surface area contributed by atoms with E-state index in [0.29, 0.717) is 4.47 Å². The Bertz CT molecular complexity index is 649. The summed E-state index contributed by atoms with van der Waals surface area (Å²) >= 11 is 3.22. The highest BCUT2D eigenvalue weighted by molar-refractivity contribution is 9.10. The highest BCUT2D eigenvalue weighted by Gasteiger charge is 2.11. The van der Waals surface area contributed by atoms with Crippen LogP contribution in [0, 0.1) is 5.82 Å². The van der Waals surface area contributed by atoms with Crippen LogP contribution < -0.4 is 11.1 Å². The number of halogens is 2. The summed E-state index contributed by atoms with van der Waals surface area (Å²) < 4.78 is 14.2. The van der Waals surface area contributed by atoms with Gasteiger partial charge in [-0.15, -0.1) is 0 Å². The zero-order valence-electron chi connectivity index (χ0n) is 9.52. The van der Waals surface area contributed by atoms with E-state index in [0.717, 1.165) is 0 Å². The Hall–Kier alpha value is -2.15. The molecule has 0 atom stereocenters. The summed E-state index contributed by atoms with van der Waals surface area (Å²) in [5, 5.41) is 11.6. The predicted molar refractivity (Wildman–Crippen MR) is 73.0 cm³/mol. The third-order valence-corrected chi connectivity index (χ3v) is 2.85. The smallest absolute Gasteiger partial charge is 0.337 e. The first kappa shape index (κ1) is 13.3. The van der Waals surface area contributed by atoms with Crippen molar-refractivity contribution in [1.29, 1.82) is 0 Å². The Morgan fingerprint density at radius 3 is 2.84 bits per heavy atom. The van der Waals surface area contributed by atoms with Crippen LogP contribution in [0.2, 0.25) is 0 Å². The molecule has 19 heavy (non-hydrogen) atoms. The van der Waals surface area contributed by atoms with Crippen LogP contribution in [0.1, 0.15) is 10.4 Å². The molecule has 0 aliphatic carbocycles. The van der Waals surface area contributed by atoms with Crippen LogP contribution >= 0.6 is 15.9 Å². The second-order valence-electron chi connectivity index (χ2n) is 3.71. The van der Waals surface area contributed by atoms with Crippen molar-refractivity contribution in [3.05, 3.63) is 46.3 Å². The van der Waals surface area contributed by atoms with E-state index < -0.39 is 11.8 Å². The van der Waals surface area contributed by atoms with Gasteiger partial charge in [0.15, 0.2) is 0 Å². The van der Waals surface area contributed by atoms with Crippen molar-refractivity contribution in [2.24, 2.45) is 0 Å². The van der Waals surface area contributed by atoms with E-state index in [9.17, 15) is 9.18 Å². The summed E-state index contributed by atoms with van der Waals surface area (Å²) in [6.07, 6.45) is 1.21. The molecule has 0 radical (unpaired) electrons. The van der Waals surface area contributed by atoms with E-state index in [1.807, 2.05) is 0 Å². The highest BCUT2D eigenvalue weighted by Crippen LogP contribution is 2.24. The van der Waals surface area contributed by atoms with Gasteiger partial charge in [-0.05, 0) is 24.3 Å². The molecular weight excluding hydrogens is 317 g/mol. The van der Waals surface area contributed by atoms with Crippen LogP contribution in [-0.2, 0) is 0 Å². The van der Waals surface area contributed by atoms with E-state index in [1.54, 1.807) is 6.07 Å². The SMILES string of the molecule is Nc1cnc(Nc2cc(Br)ccc2F)cc1C(=O)O. The molecule has 0 unspecified atom stereocenters. The number of hydrogen-bond acceptors (Lipinski definition) is 4. The number of nitrogens with one attached hydrogen (secondary N) is 1. The third kappa shape index (κ3) is 3.00. The molecule has 0 aliphatic heterocycles. The van der Waals surface area contributed by atoms with Gasteiger partial charge in [0.2, 0.25) is 0 Å². The van der Waals surface area contributed by atoms with Gasteiger partial charge in [-0.3, -0.25) is 0 Å². The lowest BCUT2D eigenvalue weighted by Gasteiger charge is -2.09. The minimum Gasteiger partial charge on any atom is -0.478 e. The fourth-order valence-corrected chi connectivity index (χ4v) is 1.81. The number of carboxylic acid groups (broad SMARTS) is 1. The Labute approximate surface area is 116 Å². The third-order valence-electron chi connectivity index (χ3n) is 2.36. The normalized spacial score (nSPS) is 10.2. The molecule has 1 heterocycles. The number of nitrogen functional groups attached to an aromatic ring is 1. The summed E-state index contributed by atoms with van der Waals surface area (Å²) in [5.41, 5.74) is 5.63. The minimum absolute atomic E-state index is 0.0489. The average Bonchev–Trinajstić information content (AvgIpc) is 2.36. The maximum atomic E-state index is 13.5. The number of rotatable bonds is 3. The summed E-state index contributed by atoms with van der Waals surface area (Å²) in [7, 11) is 0. The van der Waals surface area contributed by atoms with Crippen molar-refractivity contribution in [1.82, 2.24) is 4.98 Å². The standard InChI is InChI=1S/C12H9BrFN3O2/c13-6-1-2-8(14)10(3-6)17-11-4-7(12(18)19)9(15)5-16-11/h1-5H,15H2,(H,16,17)(H,18,19). The van der Waals surface area contributed by atoms with Crippen LogP contribution in [0.15, 0.2) is 34.9 Å². The number of anilines is 3. The summed E-state index contributed by atoms with van der Waals surface area (Å²) in [4.78, 5) is 14.8. The maximum Gasteiger partial charge on any atom is 0.337 e. The molecular formula is C12H9BrFN3O2. The minimum atomic E-state index is -1.17. The first-order valence-electron chi connectivity index (χ1n) is 5.18. The number of carbonyl (C=O) groups is 1. The lowest BCUT2D eigenvalue weighted by atomic mass is 10.2. The summed E-state index contributed by atoms with van der Waals surface area (Å²) in [6.45, 7) is 0. The number of benzene rings is 1. The lowest BCUT2D eigenvalue weighted by Crippen LogP contribution is -2.05. The molecule has 4 N–H and O–H groups in total. The molecule has 0 bridgehead atoms. The van der Waals surface area contributed by atoms with Crippen molar-refractivity contribution >= 4 is 39.1 Å². The van der Waals surface area contributed by atoms with Crippen LogP contribution in [0.3, 0.4) is 0 Å². The van der Waals surface area contributed by atoms with Crippen molar-refractivity contribution in [2.75, 3.05) is 11.1 Å². The lowest BCUT2D eigenvalue weighted by molar-refractivity contribution is 0.0698. The predicted octanol–water partition coefficient (Wildman–Crippen LogP) is 3.01. The summed E-state index contributed by atoms with van der Waals surface area (Å²) in [5.74, 6) is -1.44. The van der Waals surface area contributed by atoms with Crippen molar-refractivity contribution in [3.63, 3.8) is 0 Å². The number of aromatic carboxylic acids is 1. The average molecular weight is 326 g/mol. The van der Waals surface area contributed by atoms with Gasteiger partial charge in [-0.2, -0.15) is 0 Å². The van der Waals surface area contributed by atoms with Gasteiger partial charge in [0.1, 0.15) is 11.6 Å². The number of nitrogens with two attached hydrogens (primary N) is 1. The molecule has 0 saturated heterocycles. The topological polar surface area (TPSA) is 88.2 Å². The Balaban J connectivity index is 2.36.